The molecule has 0 saturated heterocycles. The van der Waals surface area contributed by atoms with Crippen LogP contribution < -0.4 is 10.9 Å². The molecule has 0 aromatic carbocycles. The number of aromatic nitrogens is 1. The maximum absolute atomic E-state index is 11.5. The molecule has 1 fully saturated rings. The van der Waals surface area contributed by atoms with E-state index in [4.69, 9.17) is 0 Å². The Morgan fingerprint density at radius 2 is 2.11 bits per heavy atom. The standard InChI is InChI=1S/C14H22N2O2/c17-13-7-3-1-2-6-12(13)15-9-11-16-10-5-4-8-14(16)18/h4-5,8,10,12-13,15,17H,1-3,6-7,9,11H2. The predicted octanol–water partition coefficient (Wildman–Crippen LogP) is 1.13. The number of pyridine rings is 1. The average molecular weight is 250 g/mol. The molecule has 0 bridgehead atoms. The molecule has 0 radical (unpaired) electrons. The monoisotopic (exact) mass is 250 g/mol. The zero-order valence-electron chi connectivity index (χ0n) is 10.7. The number of aliphatic hydroxyl groups excluding tert-OH is 1. The molecule has 2 rings (SSSR count). The molecule has 4 heteroatoms. The van der Waals surface area contributed by atoms with Crippen molar-refractivity contribution in [1.82, 2.24) is 9.88 Å². The molecule has 0 aliphatic heterocycles. The summed E-state index contributed by atoms with van der Waals surface area (Å²) in [6.45, 7) is 1.38. The van der Waals surface area contributed by atoms with Gasteiger partial charge in [-0.3, -0.25) is 4.79 Å². The van der Waals surface area contributed by atoms with E-state index < -0.39 is 0 Å². The van der Waals surface area contributed by atoms with Gasteiger partial charge in [0.25, 0.3) is 5.56 Å². The molecule has 1 aromatic heterocycles. The van der Waals surface area contributed by atoms with Crippen molar-refractivity contribution in [1.29, 1.82) is 0 Å². The molecule has 1 aliphatic carbocycles. The molecule has 1 aromatic rings. The fourth-order valence-corrected chi connectivity index (χ4v) is 2.54. The molecule has 1 saturated carbocycles. The second kappa shape index (κ2) is 6.71. The number of hydrogen-bond donors (Lipinski definition) is 2. The van der Waals surface area contributed by atoms with Gasteiger partial charge in [0.15, 0.2) is 0 Å². The molecule has 100 valence electrons. The zero-order valence-corrected chi connectivity index (χ0v) is 10.7. The van der Waals surface area contributed by atoms with Crippen molar-refractivity contribution < 1.29 is 5.11 Å². The van der Waals surface area contributed by atoms with E-state index in [1.54, 1.807) is 22.9 Å². The molecule has 2 unspecified atom stereocenters. The number of rotatable bonds is 4. The molecule has 0 spiro atoms. The van der Waals surface area contributed by atoms with E-state index in [-0.39, 0.29) is 17.7 Å². The van der Waals surface area contributed by atoms with Crippen LogP contribution in [0.5, 0.6) is 0 Å². The quantitative estimate of drug-likeness (QED) is 0.788. The van der Waals surface area contributed by atoms with Crippen LogP contribution in [-0.2, 0) is 6.54 Å². The first-order chi connectivity index (χ1) is 8.77. The molecule has 2 atom stereocenters. The third kappa shape index (κ3) is 3.68. The van der Waals surface area contributed by atoms with E-state index in [0.717, 1.165) is 25.8 Å². The van der Waals surface area contributed by atoms with Crippen LogP contribution in [0.15, 0.2) is 29.2 Å². The van der Waals surface area contributed by atoms with Crippen LogP contribution in [0.25, 0.3) is 0 Å². The first-order valence-electron chi connectivity index (χ1n) is 6.84. The Bertz CT molecular complexity index is 416. The Morgan fingerprint density at radius 1 is 1.28 bits per heavy atom. The lowest BCUT2D eigenvalue weighted by Gasteiger charge is -2.22. The zero-order chi connectivity index (χ0) is 12.8. The Kier molecular flexibility index (Phi) is 4.96. The molecule has 1 heterocycles. The van der Waals surface area contributed by atoms with Crippen LogP contribution in [0.1, 0.15) is 32.1 Å². The van der Waals surface area contributed by atoms with Crippen molar-refractivity contribution in [3.8, 4) is 0 Å². The number of nitrogens with one attached hydrogen (secondary N) is 1. The number of aliphatic hydroxyl groups is 1. The van der Waals surface area contributed by atoms with Crippen LogP contribution in [-0.4, -0.2) is 28.4 Å². The summed E-state index contributed by atoms with van der Waals surface area (Å²) in [7, 11) is 0. The van der Waals surface area contributed by atoms with E-state index in [2.05, 4.69) is 5.32 Å². The lowest BCUT2D eigenvalue weighted by molar-refractivity contribution is 0.119. The SMILES string of the molecule is O=c1ccccn1CCNC1CCCCCC1O. The maximum Gasteiger partial charge on any atom is 0.250 e. The van der Waals surface area contributed by atoms with Gasteiger partial charge in [0.1, 0.15) is 0 Å². The molecule has 4 nitrogen and oxygen atoms in total. The van der Waals surface area contributed by atoms with Gasteiger partial charge < -0.3 is 15.0 Å². The Labute approximate surface area is 108 Å². The molecular weight excluding hydrogens is 228 g/mol. The van der Waals surface area contributed by atoms with Crippen LogP contribution in [0, 0.1) is 0 Å². The normalized spacial score (nSPS) is 24.7. The lowest BCUT2D eigenvalue weighted by Crippen LogP contribution is -2.41. The maximum atomic E-state index is 11.5. The van der Waals surface area contributed by atoms with E-state index >= 15 is 0 Å². The molecular formula is C14H22N2O2. The van der Waals surface area contributed by atoms with Crippen molar-refractivity contribution in [2.75, 3.05) is 6.54 Å². The lowest BCUT2D eigenvalue weighted by atomic mass is 10.1. The molecule has 18 heavy (non-hydrogen) atoms. The third-order valence-electron chi connectivity index (χ3n) is 3.64. The Hall–Kier alpha value is -1.13. The first-order valence-corrected chi connectivity index (χ1v) is 6.84. The second-order valence-electron chi connectivity index (χ2n) is 5.00. The third-order valence-corrected chi connectivity index (χ3v) is 3.64. The second-order valence-corrected chi connectivity index (χ2v) is 5.00. The highest BCUT2D eigenvalue weighted by atomic mass is 16.3. The van der Waals surface area contributed by atoms with Crippen molar-refractivity contribution in [2.24, 2.45) is 0 Å². The van der Waals surface area contributed by atoms with Gasteiger partial charge in [0, 0.05) is 31.4 Å². The van der Waals surface area contributed by atoms with E-state index in [1.165, 1.54) is 12.8 Å². The summed E-state index contributed by atoms with van der Waals surface area (Å²) < 4.78 is 1.69. The van der Waals surface area contributed by atoms with Crippen molar-refractivity contribution >= 4 is 0 Å². The fraction of sp³-hybridized carbons (Fsp3) is 0.643. The van der Waals surface area contributed by atoms with Crippen molar-refractivity contribution in [3.63, 3.8) is 0 Å². The van der Waals surface area contributed by atoms with Gasteiger partial charge in [-0.15, -0.1) is 0 Å². The summed E-state index contributed by atoms with van der Waals surface area (Å²) in [6.07, 6.45) is 7.01. The Morgan fingerprint density at radius 3 is 2.94 bits per heavy atom. The molecule has 2 N–H and O–H groups in total. The van der Waals surface area contributed by atoms with Crippen molar-refractivity contribution in [3.05, 3.63) is 34.7 Å². The fourth-order valence-electron chi connectivity index (χ4n) is 2.54. The van der Waals surface area contributed by atoms with Gasteiger partial charge in [-0.25, -0.2) is 0 Å². The smallest absolute Gasteiger partial charge is 0.250 e. The minimum absolute atomic E-state index is 0.0284. The summed E-state index contributed by atoms with van der Waals surface area (Å²) in [5.74, 6) is 0. The van der Waals surface area contributed by atoms with Crippen LogP contribution in [0.3, 0.4) is 0 Å². The van der Waals surface area contributed by atoms with E-state index in [0.29, 0.717) is 6.54 Å². The first kappa shape index (κ1) is 13.3. The minimum atomic E-state index is -0.236. The highest BCUT2D eigenvalue weighted by Gasteiger charge is 2.20. The molecule has 0 amide bonds. The van der Waals surface area contributed by atoms with Gasteiger partial charge in [-0.05, 0) is 18.9 Å². The largest absolute Gasteiger partial charge is 0.392 e. The predicted molar refractivity (Wildman–Crippen MR) is 71.6 cm³/mol. The summed E-state index contributed by atoms with van der Waals surface area (Å²) in [5.41, 5.74) is 0.0284. The molecule has 1 aliphatic rings. The number of nitrogens with zero attached hydrogens (tertiary/aromatic N) is 1. The van der Waals surface area contributed by atoms with Gasteiger partial charge in [0.05, 0.1) is 6.10 Å². The van der Waals surface area contributed by atoms with Gasteiger partial charge in [-0.2, -0.15) is 0 Å². The van der Waals surface area contributed by atoms with Crippen LogP contribution in [0.2, 0.25) is 0 Å². The topological polar surface area (TPSA) is 54.3 Å². The highest BCUT2D eigenvalue weighted by molar-refractivity contribution is 4.93. The highest BCUT2D eigenvalue weighted by Crippen LogP contribution is 2.17. The number of hydrogen-bond acceptors (Lipinski definition) is 3. The summed E-state index contributed by atoms with van der Waals surface area (Å²) >= 11 is 0. The summed E-state index contributed by atoms with van der Waals surface area (Å²) in [4.78, 5) is 11.5. The van der Waals surface area contributed by atoms with Crippen LogP contribution >= 0.6 is 0 Å². The van der Waals surface area contributed by atoms with Gasteiger partial charge in [-0.1, -0.05) is 25.3 Å². The van der Waals surface area contributed by atoms with Gasteiger partial charge >= 0.3 is 0 Å². The van der Waals surface area contributed by atoms with Crippen LogP contribution in [0.4, 0.5) is 0 Å². The minimum Gasteiger partial charge on any atom is -0.392 e. The van der Waals surface area contributed by atoms with E-state index in [9.17, 15) is 9.90 Å². The summed E-state index contributed by atoms with van der Waals surface area (Å²) in [5, 5.41) is 13.3. The van der Waals surface area contributed by atoms with Crippen molar-refractivity contribution in [2.45, 2.75) is 50.8 Å². The summed E-state index contributed by atoms with van der Waals surface area (Å²) in [6, 6.07) is 5.37. The Balaban J connectivity index is 1.81. The average Bonchev–Trinajstić information content (AvgIpc) is 2.57. The van der Waals surface area contributed by atoms with E-state index in [1.807, 2.05) is 6.07 Å². The van der Waals surface area contributed by atoms with Gasteiger partial charge in [0.2, 0.25) is 0 Å².